The van der Waals surface area contributed by atoms with Gasteiger partial charge in [0.1, 0.15) is 0 Å². The average molecular weight is 372 g/mol. The molecule has 3 heteroatoms. The summed E-state index contributed by atoms with van der Waals surface area (Å²) in [6, 6.07) is 18.8. The maximum Gasteiger partial charge on any atom is 0.0591 e. The van der Waals surface area contributed by atoms with Gasteiger partial charge in [-0.3, -0.25) is 0 Å². The van der Waals surface area contributed by atoms with Crippen molar-refractivity contribution in [2.24, 2.45) is 0 Å². The SMILES string of the molecule is CCCc1ccccc1CC(C)O.CNCCOC[C@@H](C)c1ccccc1. The molecule has 0 heterocycles. The van der Waals surface area contributed by atoms with Gasteiger partial charge in [-0.15, -0.1) is 0 Å². The molecule has 3 nitrogen and oxygen atoms in total. The Bertz CT molecular complexity index is 598. The van der Waals surface area contributed by atoms with Crippen LogP contribution in [-0.2, 0) is 17.6 Å². The lowest BCUT2D eigenvalue weighted by Gasteiger charge is -2.12. The second-order valence-electron chi connectivity index (χ2n) is 7.06. The Morgan fingerprint density at radius 1 is 0.963 bits per heavy atom. The summed E-state index contributed by atoms with van der Waals surface area (Å²) in [7, 11) is 1.93. The Hall–Kier alpha value is -1.68. The zero-order valence-corrected chi connectivity index (χ0v) is 17.4. The van der Waals surface area contributed by atoms with Crippen LogP contribution in [0.4, 0.5) is 0 Å². The van der Waals surface area contributed by atoms with Crippen LogP contribution in [0.2, 0.25) is 0 Å². The second kappa shape index (κ2) is 14.4. The van der Waals surface area contributed by atoms with E-state index in [1.165, 1.54) is 16.7 Å². The van der Waals surface area contributed by atoms with Crippen molar-refractivity contribution in [1.82, 2.24) is 5.32 Å². The van der Waals surface area contributed by atoms with Crippen LogP contribution in [0.5, 0.6) is 0 Å². The Balaban J connectivity index is 0.000000271. The summed E-state index contributed by atoms with van der Waals surface area (Å²) in [6.07, 6.45) is 2.81. The number of likely N-dealkylation sites (N-methyl/N-ethyl adjacent to an activating group) is 1. The molecular weight excluding hydrogens is 334 g/mol. The van der Waals surface area contributed by atoms with E-state index in [4.69, 9.17) is 4.74 Å². The van der Waals surface area contributed by atoms with Gasteiger partial charge in [-0.1, -0.05) is 74.9 Å². The molecule has 0 aliphatic rings. The number of aliphatic hydroxyl groups is 1. The predicted molar refractivity (Wildman–Crippen MR) is 115 cm³/mol. The lowest BCUT2D eigenvalue weighted by molar-refractivity contribution is 0.126. The van der Waals surface area contributed by atoms with Gasteiger partial charge >= 0.3 is 0 Å². The van der Waals surface area contributed by atoms with Crippen molar-refractivity contribution in [3.8, 4) is 0 Å². The summed E-state index contributed by atoms with van der Waals surface area (Å²) in [6.45, 7) is 8.71. The lowest BCUT2D eigenvalue weighted by Crippen LogP contribution is -2.16. The van der Waals surface area contributed by atoms with Gasteiger partial charge in [-0.05, 0) is 43.5 Å². The molecule has 2 atom stereocenters. The number of rotatable bonds is 10. The summed E-state index contributed by atoms with van der Waals surface area (Å²) in [5, 5.41) is 12.4. The summed E-state index contributed by atoms with van der Waals surface area (Å²) in [4.78, 5) is 0. The van der Waals surface area contributed by atoms with Gasteiger partial charge in [0.25, 0.3) is 0 Å². The van der Waals surface area contributed by atoms with Crippen LogP contribution in [0, 0.1) is 0 Å². The lowest BCUT2D eigenvalue weighted by atomic mass is 9.99. The third kappa shape index (κ3) is 10.3. The highest BCUT2D eigenvalue weighted by Crippen LogP contribution is 2.14. The molecule has 0 bridgehead atoms. The zero-order valence-electron chi connectivity index (χ0n) is 17.4. The smallest absolute Gasteiger partial charge is 0.0591 e. The number of benzene rings is 2. The molecule has 1 unspecified atom stereocenters. The van der Waals surface area contributed by atoms with Crippen molar-refractivity contribution in [3.63, 3.8) is 0 Å². The Kier molecular flexibility index (Phi) is 12.4. The molecule has 0 spiro atoms. The molecule has 0 radical (unpaired) electrons. The van der Waals surface area contributed by atoms with Gasteiger partial charge in [0.2, 0.25) is 0 Å². The first-order valence-electron chi connectivity index (χ1n) is 10.1. The van der Waals surface area contributed by atoms with Crippen LogP contribution in [0.3, 0.4) is 0 Å². The van der Waals surface area contributed by atoms with Crippen LogP contribution in [0.15, 0.2) is 54.6 Å². The maximum atomic E-state index is 9.30. The average Bonchev–Trinajstić information content (AvgIpc) is 2.68. The Labute approximate surface area is 165 Å². The monoisotopic (exact) mass is 371 g/mol. The fraction of sp³-hybridized carbons (Fsp3) is 0.500. The molecule has 0 amide bonds. The Morgan fingerprint density at radius 2 is 1.59 bits per heavy atom. The molecule has 150 valence electrons. The fourth-order valence-corrected chi connectivity index (χ4v) is 2.90. The summed E-state index contributed by atoms with van der Waals surface area (Å²) in [5.41, 5.74) is 4.02. The molecule has 2 aromatic rings. The molecule has 0 aromatic heterocycles. The van der Waals surface area contributed by atoms with E-state index in [-0.39, 0.29) is 6.10 Å². The van der Waals surface area contributed by atoms with Crippen molar-refractivity contribution in [2.75, 3.05) is 26.8 Å². The summed E-state index contributed by atoms with van der Waals surface area (Å²) in [5.74, 6) is 0.480. The van der Waals surface area contributed by atoms with Crippen LogP contribution in [-0.4, -0.2) is 38.0 Å². The van der Waals surface area contributed by atoms with E-state index < -0.39 is 0 Å². The molecule has 2 rings (SSSR count). The van der Waals surface area contributed by atoms with Crippen molar-refractivity contribution >= 4 is 0 Å². The number of hydrogen-bond donors (Lipinski definition) is 2. The van der Waals surface area contributed by atoms with E-state index in [1.807, 2.05) is 26.1 Å². The molecule has 0 fully saturated rings. The first-order chi connectivity index (χ1) is 13.1. The minimum Gasteiger partial charge on any atom is -0.393 e. The third-order valence-corrected chi connectivity index (χ3v) is 4.39. The molecular formula is C24H37NO2. The van der Waals surface area contributed by atoms with E-state index in [0.29, 0.717) is 5.92 Å². The summed E-state index contributed by atoms with van der Waals surface area (Å²) < 4.78 is 5.53. The maximum absolute atomic E-state index is 9.30. The largest absolute Gasteiger partial charge is 0.393 e. The molecule has 0 aliphatic carbocycles. The summed E-state index contributed by atoms with van der Waals surface area (Å²) >= 11 is 0. The molecule has 0 saturated carbocycles. The van der Waals surface area contributed by atoms with Crippen LogP contribution >= 0.6 is 0 Å². The number of hydrogen-bond acceptors (Lipinski definition) is 3. The van der Waals surface area contributed by atoms with E-state index in [0.717, 1.165) is 39.0 Å². The van der Waals surface area contributed by atoms with Gasteiger partial charge in [0.05, 0.1) is 19.3 Å². The Morgan fingerprint density at radius 3 is 2.19 bits per heavy atom. The standard InChI is InChI=1S/C12H19NO.C12H18O/c1-11(10-14-9-8-13-2)12-6-4-3-5-7-12;1-3-6-11-7-4-5-8-12(11)9-10(2)13/h3-7,11,13H,8-10H2,1-2H3;4-5,7-8,10,13H,3,6,9H2,1-2H3/t11-;/m1./s1. The second-order valence-corrected chi connectivity index (χ2v) is 7.06. The van der Waals surface area contributed by atoms with Crippen molar-refractivity contribution < 1.29 is 9.84 Å². The van der Waals surface area contributed by atoms with E-state index in [2.05, 4.69) is 61.6 Å². The van der Waals surface area contributed by atoms with Crippen molar-refractivity contribution in [2.45, 2.75) is 52.1 Å². The topological polar surface area (TPSA) is 41.5 Å². The highest BCUT2D eigenvalue weighted by molar-refractivity contribution is 5.27. The minimum atomic E-state index is -0.238. The van der Waals surface area contributed by atoms with Crippen molar-refractivity contribution in [1.29, 1.82) is 0 Å². The van der Waals surface area contributed by atoms with E-state index in [9.17, 15) is 5.11 Å². The highest BCUT2D eigenvalue weighted by Gasteiger charge is 2.04. The van der Waals surface area contributed by atoms with Crippen LogP contribution in [0.25, 0.3) is 0 Å². The molecule has 0 saturated heterocycles. The van der Waals surface area contributed by atoms with Gasteiger partial charge in [0, 0.05) is 12.5 Å². The zero-order chi connectivity index (χ0) is 19.9. The molecule has 0 aliphatic heterocycles. The van der Waals surface area contributed by atoms with E-state index in [1.54, 1.807) is 0 Å². The first-order valence-corrected chi connectivity index (χ1v) is 10.1. The van der Waals surface area contributed by atoms with Gasteiger partial charge < -0.3 is 15.2 Å². The number of aryl methyl sites for hydroxylation is 1. The molecule has 2 aromatic carbocycles. The van der Waals surface area contributed by atoms with Gasteiger partial charge in [-0.25, -0.2) is 0 Å². The van der Waals surface area contributed by atoms with Gasteiger partial charge in [0.15, 0.2) is 0 Å². The molecule has 2 N–H and O–H groups in total. The fourth-order valence-electron chi connectivity index (χ4n) is 2.90. The number of ether oxygens (including phenoxy) is 1. The first kappa shape index (κ1) is 23.4. The van der Waals surface area contributed by atoms with Crippen LogP contribution < -0.4 is 5.32 Å². The third-order valence-electron chi connectivity index (χ3n) is 4.39. The van der Waals surface area contributed by atoms with Gasteiger partial charge in [-0.2, -0.15) is 0 Å². The molecule has 27 heavy (non-hydrogen) atoms. The van der Waals surface area contributed by atoms with Crippen LogP contribution in [0.1, 0.15) is 49.8 Å². The quantitative estimate of drug-likeness (QED) is 0.600. The van der Waals surface area contributed by atoms with Crippen molar-refractivity contribution in [3.05, 3.63) is 71.3 Å². The number of aliphatic hydroxyl groups excluding tert-OH is 1. The highest BCUT2D eigenvalue weighted by atomic mass is 16.5. The number of nitrogens with one attached hydrogen (secondary N) is 1. The predicted octanol–water partition coefficient (Wildman–Crippen LogP) is 4.59. The minimum absolute atomic E-state index is 0.238. The normalized spacial score (nSPS) is 12.8. The van der Waals surface area contributed by atoms with E-state index >= 15 is 0 Å².